The van der Waals surface area contributed by atoms with E-state index in [-0.39, 0.29) is 12.5 Å². The predicted octanol–water partition coefficient (Wildman–Crippen LogP) is 1.85. The minimum atomic E-state index is 0.162. The van der Waals surface area contributed by atoms with E-state index in [1.54, 1.807) is 12.1 Å². The summed E-state index contributed by atoms with van der Waals surface area (Å²) in [7, 11) is 0. The zero-order valence-electron chi connectivity index (χ0n) is 7.12. The molecule has 68 valence electrons. The summed E-state index contributed by atoms with van der Waals surface area (Å²) in [5, 5.41) is 9.69. The average Bonchev–Trinajstić information content (AvgIpc) is 2.58. The lowest BCUT2D eigenvalue weighted by molar-refractivity contribution is 0.171. The summed E-state index contributed by atoms with van der Waals surface area (Å²) in [6, 6.07) is 3.60. The van der Waals surface area contributed by atoms with Gasteiger partial charge in [-0.2, -0.15) is 0 Å². The molecule has 0 spiro atoms. The monoisotopic (exact) mass is 178 g/mol. The second kappa shape index (κ2) is 3.01. The molecule has 0 fully saturated rings. The molecule has 3 nitrogen and oxygen atoms in total. The van der Waals surface area contributed by atoms with E-state index in [1.807, 2.05) is 6.07 Å². The lowest BCUT2D eigenvalue weighted by atomic mass is 10.1. The molecule has 0 aromatic heterocycles. The molecule has 0 aliphatic carbocycles. The Hall–Kier alpha value is -1.64. The summed E-state index contributed by atoms with van der Waals surface area (Å²) < 4.78 is 10.2. The van der Waals surface area contributed by atoms with Crippen LogP contribution in [0.15, 0.2) is 24.8 Å². The Morgan fingerprint density at radius 2 is 2.31 bits per heavy atom. The van der Waals surface area contributed by atoms with Crippen molar-refractivity contribution in [2.24, 2.45) is 0 Å². The first-order valence-electron chi connectivity index (χ1n) is 4.04. The predicted molar refractivity (Wildman–Crippen MR) is 48.1 cm³/mol. The molecule has 3 heteroatoms. The number of hydrogen-bond acceptors (Lipinski definition) is 3. The van der Waals surface area contributed by atoms with Gasteiger partial charge in [0.2, 0.25) is 12.5 Å². The van der Waals surface area contributed by atoms with Crippen molar-refractivity contribution in [2.45, 2.75) is 6.42 Å². The van der Waals surface area contributed by atoms with E-state index >= 15 is 0 Å². The summed E-state index contributed by atoms with van der Waals surface area (Å²) in [5.74, 6) is 1.21. The topological polar surface area (TPSA) is 38.7 Å². The first-order chi connectivity index (χ1) is 6.33. The summed E-state index contributed by atoms with van der Waals surface area (Å²) in [5.41, 5.74) is 0.805. The Morgan fingerprint density at radius 3 is 3.08 bits per heavy atom. The molecular weight excluding hydrogens is 168 g/mol. The zero-order valence-corrected chi connectivity index (χ0v) is 7.12. The summed E-state index contributed by atoms with van der Waals surface area (Å²) in [4.78, 5) is 0. The number of hydrogen-bond donors (Lipinski definition) is 1. The number of rotatable bonds is 2. The Morgan fingerprint density at radius 1 is 1.46 bits per heavy atom. The van der Waals surface area contributed by atoms with Gasteiger partial charge >= 0.3 is 0 Å². The third-order valence-corrected chi connectivity index (χ3v) is 1.96. The van der Waals surface area contributed by atoms with Crippen molar-refractivity contribution in [3.05, 3.63) is 30.4 Å². The third-order valence-electron chi connectivity index (χ3n) is 1.96. The molecule has 1 aliphatic heterocycles. The molecule has 0 saturated carbocycles. The Labute approximate surface area is 76.2 Å². The molecule has 1 aliphatic rings. The van der Waals surface area contributed by atoms with Crippen LogP contribution in [0.4, 0.5) is 0 Å². The second-order valence-electron chi connectivity index (χ2n) is 2.80. The van der Waals surface area contributed by atoms with Crippen LogP contribution >= 0.6 is 0 Å². The first kappa shape index (κ1) is 7.98. The van der Waals surface area contributed by atoms with E-state index in [2.05, 4.69) is 6.58 Å². The molecular formula is C10H10O3. The van der Waals surface area contributed by atoms with E-state index in [1.165, 1.54) is 0 Å². The Balaban J connectivity index is 2.45. The molecule has 0 atom stereocenters. The number of benzene rings is 1. The number of allylic oxidation sites excluding steroid dienone is 1. The van der Waals surface area contributed by atoms with Crippen molar-refractivity contribution in [3.8, 4) is 17.2 Å². The van der Waals surface area contributed by atoms with Gasteiger partial charge in [-0.15, -0.1) is 6.58 Å². The van der Waals surface area contributed by atoms with Crippen molar-refractivity contribution in [3.63, 3.8) is 0 Å². The fourth-order valence-electron chi connectivity index (χ4n) is 1.32. The number of phenolic OH excluding ortho intramolecular Hbond substituents is 1. The van der Waals surface area contributed by atoms with Gasteiger partial charge in [0.1, 0.15) is 0 Å². The van der Waals surface area contributed by atoms with Gasteiger partial charge in [-0.1, -0.05) is 12.1 Å². The van der Waals surface area contributed by atoms with Gasteiger partial charge in [0.15, 0.2) is 11.5 Å². The van der Waals surface area contributed by atoms with Crippen molar-refractivity contribution in [1.82, 2.24) is 0 Å². The highest BCUT2D eigenvalue weighted by atomic mass is 16.7. The minimum absolute atomic E-state index is 0.162. The zero-order chi connectivity index (χ0) is 9.26. The number of fused-ring (bicyclic) bond motifs is 1. The molecule has 0 bridgehead atoms. The van der Waals surface area contributed by atoms with E-state index < -0.39 is 0 Å². The third kappa shape index (κ3) is 1.22. The van der Waals surface area contributed by atoms with Crippen molar-refractivity contribution in [2.75, 3.05) is 6.79 Å². The van der Waals surface area contributed by atoms with Gasteiger partial charge in [0.05, 0.1) is 0 Å². The van der Waals surface area contributed by atoms with Crippen LogP contribution in [0.2, 0.25) is 0 Å². The molecule has 2 rings (SSSR count). The molecule has 13 heavy (non-hydrogen) atoms. The van der Waals surface area contributed by atoms with E-state index in [4.69, 9.17) is 9.47 Å². The number of phenols is 1. The SMILES string of the molecule is C=CCc1ccc2c(c1O)OCO2. The Bertz CT molecular complexity index is 344. The fourth-order valence-corrected chi connectivity index (χ4v) is 1.32. The van der Waals surface area contributed by atoms with Crippen molar-refractivity contribution in [1.29, 1.82) is 0 Å². The maximum absolute atomic E-state index is 9.69. The fraction of sp³-hybridized carbons (Fsp3) is 0.200. The van der Waals surface area contributed by atoms with Crippen LogP contribution in [0.3, 0.4) is 0 Å². The highest BCUT2D eigenvalue weighted by Crippen LogP contribution is 2.42. The Kier molecular flexibility index (Phi) is 1.85. The summed E-state index contributed by atoms with van der Waals surface area (Å²) in [6.45, 7) is 3.79. The number of ether oxygens (including phenoxy) is 2. The summed E-state index contributed by atoms with van der Waals surface area (Å²) >= 11 is 0. The molecule has 1 aromatic carbocycles. The first-order valence-corrected chi connectivity index (χ1v) is 4.04. The lowest BCUT2D eigenvalue weighted by Gasteiger charge is -2.04. The van der Waals surface area contributed by atoms with Crippen LogP contribution in [0.5, 0.6) is 17.2 Å². The van der Waals surface area contributed by atoms with E-state index in [0.717, 1.165) is 5.56 Å². The molecule has 1 aromatic rings. The standard InChI is InChI=1S/C10H10O3/c1-2-3-7-4-5-8-10(9(7)11)13-6-12-8/h2,4-5,11H,1,3,6H2. The van der Waals surface area contributed by atoms with Gasteiger partial charge in [-0.3, -0.25) is 0 Å². The summed E-state index contributed by atoms with van der Waals surface area (Å²) in [6.07, 6.45) is 2.36. The molecule has 0 unspecified atom stereocenters. The minimum Gasteiger partial charge on any atom is -0.504 e. The highest BCUT2D eigenvalue weighted by molar-refractivity contribution is 5.56. The smallest absolute Gasteiger partial charge is 0.231 e. The molecule has 1 N–H and O–H groups in total. The van der Waals surface area contributed by atoms with Crippen molar-refractivity contribution >= 4 is 0 Å². The number of aromatic hydroxyl groups is 1. The van der Waals surface area contributed by atoms with Crippen LogP contribution in [0, 0.1) is 0 Å². The van der Waals surface area contributed by atoms with Gasteiger partial charge in [-0.05, 0) is 12.5 Å². The van der Waals surface area contributed by atoms with Crippen molar-refractivity contribution < 1.29 is 14.6 Å². The quantitative estimate of drug-likeness (QED) is 0.702. The normalized spacial score (nSPS) is 12.9. The van der Waals surface area contributed by atoms with E-state index in [0.29, 0.717) is 17.9 Å². The van der Waals surface area contributed by atoms with Gasteiger partial charge in [0.25, 0.3) is 0 Å². The van der Waals surface area contributed by atoms with Crippen LogP contribution in [-0.4, -0.2) is 11.9 Å². The highest BCUT2D eigenvalue weighted by Gasteiger charge is 2.19. The van der Waals surface area contributed by atoms with Crippen LogP contribution in [0.1, 0.15) is 5.56 Å². The molecule has 1 heterocycles. The van der Waals surface area contributed by atoms with E-state index in [9.17, 15) is 5.11 Å². The molecule has 0 saturated heterocycles. The largest absolute Gasteiger partial charge is 0.504 e. The maximum Gasteiger partial charge on any atom is 0.231 e. The maximum atomic E-state index is 9.69. The van der Waals surface area contributed by atoms with Gasteiger partial charge in [0, 0.05) is 5.56 Å². The van der Waals surface area contributed by atoms with Crippen LogP contribution in [-0.2, 0) is 6.42 Å². The van der Waals surface area contributed by atoms with Gasteiger partial charge < -0.3 is 14.6 Å². The molecule has 0 amide bonds. The van der Waals surface area contributed by atoms with Crippen LogP contribution in [0.25, 0.3) is 0 Å². The van der Waals surface area contributed by atoms with Gasteiger partial charge in [-0.25, -0.2) is 0 Å². The lowest BCUT2D eigenvalue weighted by Crippen LogP contribution is -1.93. The second-order valence-corrected chi connectivity index (χ2v) is 2.80. The van der Waals surface area contributed by atoms with Crippen LogP contribution < -0.4 is 9.47 Å². The molecule has 0 radical (unpaired) electrons. The average molecular weight is 178 g/mol.